The van der Waals surface area contributed by atoms with E-state index in [1.165, 1.54) is 6.08 Å². The Balaban J connectivity index is 2.65. The van der Waals surface area contributed by atoms with Gasteiger partial charge in [-0.1, -0.05) is 6.92 Å². The van der Waals surface area contributed by atoms with Crippen molar-refractivity contribution in [2.75, 3.05) is 7.11 Å². The molecule has 0 spiro atoms. The summed E-state index contributed by atoms with van der Waals surface area (Å²) < 4.78 is 4.96. The molecule has 1 N–H and O–H groups in total. The first-order chi connectivity index (χ1) is 4.77. The van der Waals surface area contributed by atoms with E-state index in [2.05, 4.69) is 5.32 Å². The molecular formula is C7H11NO2. The fraction of sp³-hybridized carbons (Fsp3) is 0.571. The molecule has 56 valence electrons. The van der Waals surface area contributed by atoms with E-state index < -0.39 is 0 Å². The predicted molar refractivity (Wildman–Crippen MR) is 37.3 cm³/mol. The third-order valence-corrected chi connectivity index (χ3v) is 1.58. The number of carbonyl (C=O) groups excluding carboxylic acids is 1. The fourth-order valence-corrected chi connectivity index (χ4v) is 1.02. The highest BCUT2D eigenvalue weighted by Crippen LogP contribution is 2.11. The SMILES string of the molecule is CCC1NC(=O)C=C1OC. The molecule has 0 fully saturated rings. The molecular weight excluding hydrogens is 130 g/mol. The molecule has 0 aromatic heterocycles. The van der Waals surface area contributed by atoms with Crippen LogP contribution in [-0.4, -0.2) is 19.1 Å². The molecule has 1 atom stereocenters. The summed E-state index contributed by atoms with van der Waals surface area (Å²) in [5.41, 5.74) is 0. The van der Waals surface area contributed by atoms with Gasteiger partial charge in [0.2, 0.25) is 5.91 Å². The van der Waals surface area contributed by atoms with Crippen molar-refractivity contribution in [3.63, 3.8) is 0 Å². The molecule has 3 heteroatoms. The smallest absolute Gasteiger partial charge is 0.248 e. The molecule has 1 aliphatic rings. The average molecular weight is 141 g/mol. The normalized spacial score (nSPS) is 24.0. The van der Waals surface area contributed by atoms with Crippen LogP contribution in [0.5, 0.6) is 0 Å². The van der Waals surface area contributed by atoms with Gasteiger partial charge in [0, 0.05) is 6.08 Å². The van der Waals surface area contributed by atoms with Crippen LogP contribution in [0.3, 0.4) is 0 Å². The minimum atomic E-state index is -0.0521. The van der Waals surface area contributed by atoms with Crippen LogP contribution in [0, 0.1) is 0 Å². The summed E-state index contributed by atoms with van der Waals surface area (Å²) in [6.45, 7) is 2.00. The molecule has 10 heavy (non-hydrogen) atoms. The Hall–Kier alpha value is -0.990. The van der Waals surface area contributed by atoms with Gasteiger partial charge >= 0.3 is 0 Å². The van der Waals surface area contributed by atoms with Crippen molar-refractivity contribution in [1.82, 2.24) is 5.32 Å². The maximum absolute atomic E-state index is 10.7. The van der Waals surface area contributed by atoms with Crippen LogP contribution in [0.15, 0.2) is 11.8 Å². The molecule has 0 saturated heterocycles. The number of nitrogens with one attached hydrogen (secondary N) is 1. The maximum atomic E-state index is 10.7. The van der Waals surface area contributed by atoms with E-state index in [0.29, 0.717) is 0 Å². The summed E-state index contributed by atoms with van der Waals surface area (Å²) in [6, 6.07) is 0.0949. The number of carbonyl (C=O) groups is 1. The number of amides is 1. The van der Waals surface area contributed by atoms with E-state index in [9.17, 15) is 4.79 Å². The molecule has 1 heterocycles. The molecule has 1 rings (SSSR count). The molecule has 0 saturated carbocycles. The Morgan fingerprint density at radius 3 is 2.90 bits per heavy atom. The van der Waals surface area contributed by atoms with Crippen molar-refractivity contribution < 1.29 is 9.53 Å². The fourth-order valence-electron chi connectivity index (χ4n) is 1.02. The van der Waals surface area contributed by atoms with E-state index >= 15 is 0 Å². The Kier molecular flexibility index (Phi) is 1.94. The second-order valence-corrected chi connectivity index (χ2v) is 2.22. The molecule has 0 radical (unpaired) electrons. The van der Waals surface area contributed by atoms with Crippen molar-refractivity contribution in [3.05, 3.63) is 11.8 Å². The van der Waals surface area contributed by atoms with Crippen LogP contribution >= 0.6 is 0 Å². The third kappa shape index (κ3) is 1.12. The predicted octanol–water partition coefficient (Wildman–Crippen LogP) is 0.425. The minimum Gasteiger partial charge on any atom is -0.499 e. The molecule has 0 aromatic rings. The third-order valence-electron chi connectivity index (χ3n) is 1.58. The van der Waals surface area contributed by atoms with Crippen LogP contribution in [0.2, 0.25) is 0 Å². The summed E-state index contributed by atoms with van der Waals surface area (Å²) in [5, 5.41) is 2.75. The van der Waals surface area contributed by atoms with Gasteiger partial charge in [-0.05, 0) is 6.42 Å². The highest BCUT2D eigenvalue weighted by Gasteiger charge is 2.21. The second kappa shape index (κ2) is 2.73. The van der Waals surface area contributed by atoms with Gasteiger partial charge in [0.15, 0.2) is 0 Å². The number of hydrogen-bond acceptors (Lipinski definition) is 2. The molecule has 1 amide bonds. The van der Waals surface area contributed by atoms with Gasteiger partial charge in [-0.15, -0.1) is 0 Å². The Labute approximate surface area is 60.1 Å². The summed E-state index contributed by atoms with van der Waals surface area (Å²) in [5.74, 6) is 0.691. The van der Waals surface area contributed by atoms with E-state index in [-0.39, 0.29) is 11.9 Å². The van der Waals surface area contributed by atoms with Gasteiger partial charge in [-0.2, -0.15) is 0 Å². The number of methoxy groups -OCH3 is 1. The van der Waals surface area contributed by atoms with Gasteiger partial charge in [-0.25, -0.2) is 0 Å². The van der Waals surface area contributed by atoms with Crippen LogP contribution in [0.4, 0.5) is 0 Å². The molecule has 0 bridgehead atoms. The molecule has 1 unspecified atom stereocenters. The Morgan fingerprint density at radius 1 is 1.80 bits per heavy atom. The standard InChI is InChI=1S/C7H11NO2/c1-3-5-6(10-2)4-7(9)8-5/h4-5H,3H2,1-2H3,(H,8,9). The lowest BCUT2D eigenvalue weighted by molar-refractivity contribution is -0.116. The lowest BCUT2D eigenvalue weighted by atomic mass is 10.2. The number of hydrogen-bond donors (Lipinski definition) is 1. The topological polar surface area (TPSA) is 38.3 Å². The minimum absolute atomic E-state index is 0.0521. The highest BCUT2D eigenvalue weighted by molar-refractivity contribution is 5.91. The first-order valence-corrected chi connectivity index (χ1v) is 3.34. The lowest BCUT2D eigenvalue weighted by Crippen LogP contribution is -2.27. The van der Waals surface area contributed by atoms with Gasteiger partial charge in [-0.3, -0.25) is 4.79 Å². The van der Waals surface area contributed by atoms with Crippen LogP contribution in [-0.2, 0) is 9.53 Å². The van der Waals surface area contributed by atoms with Gasteiger partial charge in [0.25, 0.3) is 0 Å². The van der Waals surface area contributed by atoms with Crippen molar-refractivity contribution in [1.29, 1.82) is 0 Å². The largest absolute Gasteiger partial charge is 0.499 e. The van der Waals surface area contributed by atoms with Gasteiger partial charge < -0.3 is 10.1 Å². The van der Waals surface area contributed by atoms with Crippen LogP contribution in [0.25, 0.3) is 0 Å². The van der Waals surface area contributed by atoms with E-state index in [1.807, 2.05) is 6.92 Å². The zero-order chi connectivity index (χ0) is 7.56. The monoisotopic (exact) mass is 141 g/mol. The van der Waals surface area contributed by atoms with Crippen molar-refractivity contribution in [3.8, 4) is 0 Å². The van der Waals surface area contributed by atoms with Crippen molar-refractivity contribution in [2.45, 2.75) is 19.4 Å². The quantitative estimate of drug-likeness (QED) is 0.605. The van der Waals surface area contributed by atoms with Crippen LogP contribution in [0.1, 0.15) is 13.3 Å². The second-order valence-electron chi connectivity index (χ2n) is 2.22. The van der Waals surface area contributed by atoms with Crippen LogP contribution < -0.4 is 5.32 Å². The first kappa shape index (κ1) is 7.12. The van der Waals surface area contributed by atoms with E-state index in [4.69, 9.17) is 4.74 Å². The first-order valence-electron chi connectivity index (χ1n) is 3.34. The zero-order valence-electron chi connectivity index (χ0n) is 6.18. The zero-order valence-corrected chi connectivity index (χ0v) is 6.18. The van der Waals surface area contributed by atoms with Gasteiger partial charge in [0.05, 0.1) is 13.2 Å². The lowest BCUT2D eigenvalue weighted by Gasteiger charge is -2.10. The van der Waals surface area contributed by atoms with Gasteiger partial charge in [0.1, 0.15) is 5.76 Å². The van der Waals surface area contributed by atoms with Crippen molar-refractivity contribution in [2.24, 2.45) is 0 Å². The summed E-state index contributed by atoms with van der Waals surface area (Å²) >= 11 is 0. The molecule has 0 aromatic carbocycles. The molecule has 3 nitrogen and oxygen atoms in total. The highest BCUT2D eigenvalue weighted by atomic mass is 16.5. The number of ether oxygens (including phenoxy) is 1. The van der Waals surface area contributed by atoms with E-state index in [0.717, 1.165) is 12.2 Å². The van der Waals surface area contributed by atoms with Crippen molar-refractivity contribution >= 4 is 5.91 Å². The summed E-state index contributed by atoms with van der Waals surface area (Å²) in [6.07, 6.45) is 2.37. The average Bonchev–Trinajstić information content (AvgIpc) is 2.30. The molecule has 1 aliphatic heterocycles. The Morgan fingerprint density at radius 2 is 2.50 bits per heavy atom. The molecule has 0 aliphatic carbocycles. The maximum Gasteiger partial charge on any atom is 0.248 e. The summed E-state index contributed by atoms with van der Waals surface area (Å²) in [7, 11) is 1.58. The number of rotatable bonds is 2. The summed E-state index contributed by atoms with van der Waals surface area (Å²) in [4.78, 5) is 10.7. The van der Waals surface area contributed by atoms with E-state index in [1.54, 1.807) is 7.11 Å². The Bertz CT molecular complexity index is 174.